The van der Waals surface area contributed by atoms with Crippen LogP contribution in [0, 0.1) is 10.1 Å². The molecule has 0 spiro atoms. The maximum atomic E-state index is 12.3. The molecule has 6 nitrogen and oxygen atoms in total. The van der Waals surface area contributed by atoms with Crippen LogP contribution in [0.2, 0.25) is 0 Å². The van der Waals surface area contributed by atoms with Gasteiger partial charge in [0.1, 0.15) is 5.69 Å². The summed E-state index contributed by atoms with van der Waals surface area (Å²) in [4.78, 5) is 22.8. The van der Waals surface area contributed by atoms with E-state index in [0.29, 0.717) is 17.8 Å². The molecule has 0 aliphatic rings. The quantitative estimate of drug-likeness (QED) is 0.596. The Balaban J connectivity index is 3.00. The van der Waals surface area contributed by atoms with Gasteiger partial charge in [-0.3, -0.25) is 14.9 Å². The molecule has 0 saturated heterocycles. The van der Waals surface area contributed by atoms with Crippen molar-refractivity contribution in [1.82, 2.24) is 5.32 Å². The maximum absolute atomic E-state index is 12.3. The highest BCUT2D eigenvalue weighted by molar-refractivity contribution is 5.96. The lowest BCUT2D eigenvalue weighted by Crippen LogP contribution is -2.43. The van der Waals surface area contributed by atoms with Crippen LogP contribution in [-0.2, 0) is 0 Å². The molecule has 6 heteroatoms. The van der Waals surface area contributed by atoms with E-state index in [0.717, 1.165) is 12.8 Å². The minimum absolute atomic E-state index is 0.0266. The van der Waals surface area contributed by atoms with Crippen LogP contribution in [0.25, 0.3) is 0 Å². The third-order valence-corrected chi connectivity index (χ3v) is 3.15. The molecule has 0 aliphatic carbocycles. The van der Waals surface area contributed by atoms with E-state index in [-0.39, 0.29) is 17.1 Å². The number of carbonyl (C=O) groups is 1. The van der Waals surface area contributed by atoms with Gasteiger partial charge >= 0.3 is 0 Å². The Morgan fingerprint density at radius 2 is 2.00 bits per heavy atom. The van der Waals surface area contributed by atoms with Gasteiger partial charge in [0.2, 0.25) is 0 Å². The Kier molecular flexibility index (Phi) is 5.69. The SMILES string of the molecule is CCCC(C)(C)NC(=O)c1ccc([N+](=O)[O-])c(NCC)c1. The molecule has 2 N–H and O–H groups in total. The fraction of sp³-hybridized carbons (Fsp3) is 0.533. The standard InChI is InChI=1S/C15H23N3O3/c1-5-9-15(3,4)17-14(19)11-7-8-13(18(20)21)12(10-11)16-6-2/h7-8,10,16H,5-6,9H2,1-4H3,(H,17,19). The molecule has 0 unspecified atom stereocenters. The number of benzene rings is 1. The summed E-state index contributed by atoms with van der Waals surface area (Å²) in [5.74, 6) is -0.220. The second-order valence-corrected chi connectivity index (χ2v) is 5.61. The highest BCUT2D eigenvalue weighted by atomic mass is 16.6. The van der Waals surface area contributed by atoms with Crippen molar-refractivity contribution >= 4 is 17.3 Å². The second-order valence-electron chi connectivity index (χ2n) is 5.61. The predicted octanol–water partition coefficient (Wildman–Crippen LogP) is 3.34. The van der Waals surface area contributed by atoms with Gasteiger partial charge in [-0.15, -0.1) is 0 Å². The molecule has 0 saturated carbocycles. The minimum Gasteiger partial charge on any atom is -0.380 e. The van der Waals surface area contributed by atoms with Crippen molar-refractivity contribution in [3.8, 4) is 0 Å². The van der Waals surface area contributed by atoms with Crippen molar-refractivity contribution in [2.75, 3.05) is 11.9 Å². The third kappa shape index (κ3) is 4.73. The Bertz CT molecular complexity index is 527. The summed E-state index contributed by atoms with van der Waals surface area (Å²) < 4.78 is 0. The Morgan fingerprint density at radius 1 is 1.33 bits per heavy atom. The molecule has 0 aliphatic heterocycles. The topological polar surface area (TPSA) is 84.3 Å². The number of hydrogen-bond acceptors (Lipinski definition) is 4. The van der Waals surface area contributed by atoms with Crippen LogP contribution < -0.4 is 10.6 Å². The fourth-order valence-electron chi connectivity index (χ4n) is 2.24. The average Bonchev–Trinajstić information content (AvgIpc) is 2.37. The van der Waals surface area contributed by atoms with E-state index in [1.165, 1.54) is 18.2 Å². The largest absolute Gasteiger partial charge is 0.380 e. The van der Waals surface area contributed by atoms with E-state index >= 15 is 0 Å². The molecule has 1 rings (SSSR count). The van der Waals surface area contributed by atoms with Crippen molar-refractivity contribution in [3.05, 3.63) is 33.9 Å². The number of rotatable bonds is 7. The molecule has 0 bridgehead atoms. The minimum atomic E-state index is -0.458. The van der Waals surface area contributed by atoms with Crippen LogP contribution in [0.15, 0.2) is 18.2 Å². The zero-order valence-electron chi connectivity index (χ0n) is 13.0. The highest BCUT2D eigenvalue weighted by Gasteiger charge is 2.22. The molecular formula is C15H23N3O3. The van der Waals surface area contributed by atoms with Crippen LogP contribution in [0.4, 0.5) is 11.4 Å². The molecule has 1 aromatic carbocycles. The second kappa shape index (κ2) is 7.06. The first-order valence-corrected chi connectivity index (χ1v) is 7.15. The first-order valence-electron chi connectivity index (χ1n) is 7.15. The van der Waals surface area contributed by atoms with E-state index in [4.69, 9.17) is 0 Å². The van der Waals surface area contributed by atoms with Gasteiger partial charge in [0, 0.05) is 23.7 Å². The molecule has 0 heterocycles. The first-order chi connectivity index (χ1) is 9.80. The average molecular weight is 293 g/mol. The Hall–Kier alpha value is -2.11. The van der Waals surface area contributed by atoms with Crippen LogP contribution in [0.5, 0.6) is 0 Å². The number of carbonyl (C=O) groups excluding carboxylic acids is 1. The third-order valence-electron chi connectivity index (χ3n) is 3.15. The smallest absolute Gasteiger partial charge is 0.292 e. The number of nitro groups is 1. The van der Waals surface area contributed by atoms with Crippen molar-refractivity contribution in [2.24, 2.45) is 0 Å². The van der Waals surface area contributed by atoms with Crippen molar-refractivity contribution in [2.45, 2.75) is 46.1 Å². The van der Waals surface area contributed by atoms with Crippen molar-refractivity contribution < 1.29 is 9.72 Å². The molecule has 21 heavy (non-hydrogen) atoms. The van der Waals surface area contributed by atoms with Crippen LogP contribution in [0.1, 0.15) is 50.9 Å². The zero-order chi connectivity index (χ0) is 16.0. The predicted molar refractivity (Wildman–Crippen MR) is 83.7 cm³/mol. The van der Waals surface area contributed by atoms with E-state index in [1.54, 1.807) is 0 Å². The monoisotopic (exact) mass is 293 g/mol. The van der Waals surface area contributed by atoms with Crippen molar-refractivity contribution in [3.63, 3.8) is 0 Å². The highest BCUT2D eigenvalue weighted by Crippen LogP contribution is 2.25. The number of nitrogens with one attached hydrogen (secondary N) is 2. The van der Waals surface area contributed by atoms with E-state index in [9.17, 15) is 14.9 Å². The van der Waals surface area contributed by atoms with Crippen LogP contribution in [0.3, 0.4) is 0 Å². The number of anilines is 1. The number of nitrogens with zero attached hydrogens (tertiary/aromatic N) is 1. The normalized spacial score (nSPS) is 11.0. The lowest BCUT2D eigenvalue weighted by molar-refractivity contribution is -0.384. The number of nitro benzene ring substituents is 1. The molecule has 0 fully saturated rings. The molecule has 0 atom stereocenters. The lowest BCUT2D eigenvalue weighted by atomic mass is 9.98. The molecule has 0 aromatic heterocycles. The first kappa shape index (κ1) is 16.9. The summed E-state index contributed by atoms with van der Waals surface area (Å²) in [7, 11) is 0. The molecule has 116 valence electrons. The fourth-order valence-corrected chi connectivity index (χ4v) is 2.24. The van der Waals surface area contributed by atoms with E-state index < -0.39 is 4.92 Å². The van der Waals surface area contributed by atoms with Crippen LogP contribution >= 0.6 is 0 Å². The lowest BCUT2D eigenvalue weighted by Gasteiger charge is -2.25. The maximum Gasteiger partial charge on any atom is 0.292 e. The van der Waals surface area contributed by atoms with Gasteiger partial charge in [0.25, 0.3) is 11.6 Å². The number of amides is 1. The Morgan fingerprint density at radius 3 is 2.52 bits per heavy atom. The van der Waals surface area contributed by atoms with E-state index in [1.807, 2.05) is 20.8 Å². The molecule has 1 amide bonds. The Labute approximate surface area is 125 Å². The van der Waals surface area contributed by atoms with Gasteiger partial charge in [-0.1, -0.05) is 13.3 Å². The summed E-state index contributed by atoms with van der Waals surface area (Å²) in [5.41, 5.74) is 0.455. The summed E-state index contributed by atoms with van der Waals surface area (Å²) in [6, 6.07) is 4.37. The van der Waals surface area contributed by atoms with Gasteiger partial charge in [0.15, 0.2) is 0 Å². The van der Waals surface area contributed by atoms with Gasteiger partial charge in [0.05, 0.1) is 4.92 Å². The van der Waals surface area contributed by atoms with Crippen LogP contribution in [-0.4, -0.2) is 22.9 Å². The summed E-state index contributed by atoms with van der Waals surface area (Å²) in [6.07, 6.45) is 1.84. The van der Waals surface area contributed by atoms with Crippen molar-refractivity contribution in [1.29, 1.82) is 0 Å². The summed E-state index contributed by atoms with van der Waals surface area (Å²) in [5, 5.41) is 16.8. The van der Waals surface area contributed by atoms with E-state index in [2.05, 4.69) is 17.6 Å². The van der Waals surface area contributed by atoms with Gasteiger partial charge < -0.3 is 10.6 Å². The van der Waals surface area contributed by atoms with Gasteiger partial charge in [-0.2, -0.15) is 0 Å². The zero-order valence-corrected chi connectivity index (χ0v) is 13.0. The molecule has 0 radical (unpaired) electrons. The van der Waals surface area contributed by atoms with Gasteiger partial charge in [-0.05, 0) is 39.3 Å². The summed E-state index contributed by atoms with van der Waals surface area (Å²) >= 11 is 0. The van der Waals surface area contributed by atoms with Gasteiger partial charge in [-0.25, -0.2) is 0 Å². The number of hydrogen-bond donors (Lipinski definition) is 2. The molecular weight excluding hydrogens is 270 g/mol. The summed E-state index contributed by atoms with van der Waals surface area (Å²) in [6.45, 7) is 8.38. The molecule has 1 aromatic rings.